The van der Waals surface area contributed by atoms with Gasteiger partial charge in [-0.05, 0) is 43.6 Å². The van der Waals surface area contributed by atoms with Crippen LogP contribution in [0.5, 0.6) is 0 Å². The van der Waals surface area contributed by atoms with E-state index in [9.17, 15) is 9.59 Å². The number of amides is 2. The SMILES string of the molecule is O=C(NCC1CC1)[C@@H]1CN(C(=O)CCc2ccccc2)CC12CCOCC2. The van der Waals surface area contributed by atoms with Crippen molar-refractivity contribution in [1.82, 2.24) is 10.2 Å². The molecule has 2 aliphatic heterocycles. The Labute approximate surface area is 161 Å². The number of benzene rings is 1. The molecule has 1 N–H and O–H groups in total. The van der Waals surface area contributed by atoms with Crippen LogP contribution in [0.2, 0.25) is 0 Å². The molecular weight excluding hydrogens is 340 g/mol. The van der Waals surface area contributed by atoms with Crippen molar-refractivity contribution in [2.75, 3.05) is 32.8 Å². The van der Waals surface area contributed by atoms with Crippen molar-refractivity contribution in [3.05, 3.63) is 35.9 Å². The molecule has 27 heavy (non-hydrogen) atoms. The summed E-state index contributed by atoms with van der Waals surface area (Å²) in [7, 11) is 0. The Hall–Kier alpha value is -1.88. The van der Waals surface area contributed by atoms with Crippen LogP contribution in [0, 0.1) is 17.3 Å². The maximum atomic E-state index is 12.9. The molecule has 0 bridgehead atoms. The second-order valence-electron chi connectivity index (χ2n) is 8.48. The van der Waals surface area contributed by atoms with Gasteiger partial charge < -0.3 is 15.0 Å². The first-order valence-electron chi connectivity index (χ1n) is 10.3. The number of nitrogens with zero attached hydrogens (tertiary/aromatic N) is 1. The summed E-state index contributed by atoms with van der Waals surface area (Å²) in [5.74, 6) is 0.884. The minimum Gasteiger partial charge on any atom is -0.381 e. The quantitative estimate of drug-likeness (QED) is 0.837. The Morgan fingerprint density at radius 1 is 1.15 bits per heavy atom. The number of hydrogen-bond acceptors (Lipinski definition) is 3. The Morgan fingerprint density at radius 3 is 2.59 bits per heavy atom. The van der Waals surface area contributed by atoms with E-state index in [1.54, 1.807) is 0 Å². The van der Waals surface area contributed by atoms with Gasteiger partial charge in [0.2, 0.25) is 11.8 Å². The molecule has 2 saturated heterocycles. The average molecular weight is 370 g/mol. The van der Waals surface area contributed by atoms with Crippen molar-refractivity contribution in [2.45, 2.75) is 38.5 Å². The number of rotatable bonds is 6. The van der Waals surface area contributed by atoms with E-state index in [-0.39, 0.29) is 23.1 Å². The smallest absolute Gasteiger partial charge is 0.225 e. The van der Waals surface area contributed by atoms with Crippen LogP contribution in [0.25, 0.3) is 0 Å². The van der Waals surface area contributed by atoms with E-state index >= 15 is 0 Å². The van der Waals surface area contributed by atoms with Gasteiger partial charge in [0.1, 0.15) is 0 Å². The van der Waals surface area contributed by atoms with Crippen LogP contribution in [0.1, 0.15) is 37.7 Å². The third-order valence-electron chi connectivity index (χ3n) is 6.54. The Balaban J connectivity index is 1.39. The van der Waals surface area contributed by atoms with E-state index in [0.717, 1.165) is 25.8 Å². The number of hydrogen-bond donors (Lipinski definition) is 1. The van der Waals surface area contributed by atoms with Crippen LogP contribution in [0.4, 0.5) is 0 Å². The maximum Gasteiger partial charge on any atom is 0.225 e. The molecule has 2 amide bonds. The van der Waals surface area contributed by atoms with Gasteiger partial charge in [0.15, 0.2) is 0 Å². The summed E-state index contributed by atoms with van der Waals surface area (Å²) in [5, 5.41) is 3.16. The molecule has 1 saturated carbocycles. The highest BCUT2D eigenvalue weighted by Crippen LogP contribution is 2.44. The number of nitrogens with one attached hydrogen (secondary N) is 1. The van der Waals surface area contributed by atoms with E-state index < -0.39 is 0 Å². The van der Waals surface area contributed by atoms with E-state index in [1.807, 2.05) is 23.1 Å². The molecule has 3 aliphatic rings. The average Bonchev–Trinajstić information content (AvgIpc) is 3.47. The molecule has 1 atom stereocenters. The molecular formula is C22H30N2O3. The molecule has 3 fully saturated rings. The first-order valence-corrected chi connectivity index (χ1v) is 10.3. The first-order chi connectivity index (χ1) is 13.2. The van der Waals surface area contributed by atoms with Crippen LogP contribution < -0.4 is 5.32 Å². The van der Waals surface area contributed by atoms with Gasteiger partial charge in [-0.15, -0.1) is 0 Å². The van der Waals surface area contributed by atoms with Crippen LogP contribution >= 0.6 is 0 Å². The van der Waals surface area contributed by atoms with Gasteiger partial charge >= 0.3 is 0 Å². The van der Waals surface area contributed by atoms with Crippen molar-refractivity contribution in [3.8, 4) is 0 Å². The summed E-state index contributed by atoms with van der Waals surface area (Å²) in [4.78, 5) is 27.7. The van der Waals surface area contributed by atoms with Crippen molar-refractivity contribution in [3.63, 3.8) is 0 Å². The number of ether oxygens (including phenoxy) is 1. The van der Waals surface area contributed by atoms with Crippen LogP contribution in [-0.2, 0) is 20.7 Å². The van der Waals surface area contributed by atoms with Gasteiger partial charge in [0.05, 0.1) is 5.92 Å². The van der Waals surface area contributed by atoms with Gasteiger partial charge in [-0.3, -0.25) is 9.59 Å². The highest BCUT2D eigenvalue weighted by Gasteiger charge is 2.51. The van der Waals surface area contributed by atoms with Gasteiger partial charge in [-0.25, -0.2) is 0 Å². The van der Waals surface area contributed by atoms with E-state index in [2.05, 4.69) is 17.4 Å². The number of likely N-dealkylation sites (tertiary alicyclic amines) is 1. The lowest BCUT2D eigenvalue weighted by Gasteiger charge is -2.37. The number of carbonyl (C=O) groups excluding carboxylic acids is 2. The number of carbonyl (C=O) groups is 2. The summed E-state index contributed by atoms with van der Waals surface area (Å²) in [6, 6.07) is 10.1. The molecule has 0 aromatic heterocycles. The molecule has 1 aromatic carbocycles. The second-order valence-corrected chi connectivity index (χ2v) is 8.48. The Morgan fingerprint density at radius 2 is 1.89 bits per heavy atom. The maximum absolute atomic E-state index is 12.9. The van der Waals surface area contributed by atoms with E-state index in [4.69, 9.17) is 4.74 Å². The molecule has 4 rings (SSSR count). The van der Waals surface area contributed by atoms with Gasteiger partial charge in [-0.2, -0.15) is 0 Å². The predicted octanol–water partition coefficient (Wildman–Crippen LogP) is 2.40. The fourth-order valence-corrected chi connectivity index (χ4v) is 4.55. The second kappa shape index (κ2) is 8.01. The van der Waals surface area contributed by atoms with Crippen LogP contribution in [0.15, 0.2) is 30.3 Å². The Kier molecular flexibility index (Phi) is 5.48. The molecule has 146 valence electrons. The molecule has 1 aromatic rings. The molecule has 5 heteroatoms. The zero-order chi connectivity index (χ0) is 18.7. The molecule has 0 unspecified atom stereocenters. The third kappa shape index (κ3) is 4.34. The van der Waals surface area contributed by atoms with Gasteiger partial charge in [-0.1, -0.05) is 30.3 Å². The van der Waals surface area contributed by atoms with Gasteiger partial charge in [0, 0.05) is 44.7 Å². The minimum atomic E-state index is -0.103. The van der Waals surface area contributed by atoms with Crippen molar-refractivity contribution in [2.24, 2.45) is 17.3 Å². The molecule has 2 heterocycles. The zero-order valence-corrected chi connectivity index (χ0v) is 16.0. The Bertz CT molecular complexity index is 665. The fraction of sp³-hybridized carbons (Fsp3) is 0.636. The molecule has 0 radical (unpaired) electrons. The summed E-state index contributed by atoms with van der Waals surface area (Å²) in [5.41, 5.74) is 1.08. The molecule has 5 nitrogen and oxygen atoms in total. The third-order valence-corrected chi connectivity index (χ3v) is 6.54. The lowest BCUT2D eigenvalue weighted by Crippen LogP contribution is -2.44. The number of aryl methyl sites for hydroxylation is 1. The summed E-state index contributed by atoms with van der Waals surface area (Å²) < 4.78 is 5.56. The zero-order valence-electron chi connectivity index (χ0n) is 16.0. The van der Waals surface area contributed by atoms with Crippen molar-refractivity contribution < 1.29 is 14.3 Å². The normalized spacial score (nSPS) is 24.1. The first kappa shape index (κ1) is 18.5. The molecule has 1 spiro atoms. The largest absolute Gasteiger partial charge is 0.381 e. The summed E-state index contributed by atoms with van der Waals surface area (Å²) in [6.45, 7) is 3.44. The highest BCUT2D eigenvalue weighted by atomic mass is 16.5. The summed E-state index contributed by atoms with van der Waals surface area (Å²) >= 11 is 0. The fourth-order valence-electron chi connectivity index (χ4n) is 4.55. The molecule has 1 aliphatic carbocycles. The topological polar surface area (TPSA) is 58.6 Å². The predicted molar refractivity (Wildman–Crippen MR) is 103 cm³/mol. The highest BCUT2D eigenvalue weighted by molar-refractivity contribution is 5.83. The lowest BCUT2D eigenvalue weighted by atomic mass is 9.71. The lowest BCUT2D eigenvalue weighted by molar-refractivity contribution is -0.130. The van der Waals surface area contributed by atoms with E-state index in [1.165, 1.54) is 18.4 Å². The van der Waals surface area contributed by atoms with E-state index in [0.29, 0.717) is 38.6 Å². The monoisotopic (exact) mass is 370 g/mol. The van der Waals surface area contributed by atoms with Crippen LogP contribution in [-0.4, -0.2) is 49.6 Å². The van der Waals surface area contributed by atoms with Crippen molar-refractivity contribution >= 4 is 11.8 Å². The minimum absolute atomic E-state index is 0.0965. The van der Waals surface area contributed by atoms with Gasteiger partial charge in [0.25, 0.3) is 0 Å². The van der Waals surface area contributed by atoms with Crippen molar-refractivity contribution in [1.29, 1.82) is 0 Å². The summed E-state index contributed by atoms with van der Waals surface area (Å²) in [6.07, 6.45) is 5.47. The standard InChI is InChI=1S/C22H30N2O3/c25-20(9-8-17-4-2-1-3-5-17)24-15-19(21(26)23-14-18-6-7-18)22(16-24)10-12-27-13-11-22/h1-5,18-19H,6-16H2,(H,23,26)/t19-/m0/s1. The van der Waals surface area contributed by atoms with Crippen LogP contribution in [0.3, 0.4) is 0 Å².